The molecule has 1 saturated carbocycles. The molecule has 1 atom stereocenters. The first-order chi connectivity index (χ1) is 16.5. The van der Waals surface area contributed by atoms with E-state index in [9.17, 15) is 14.3 Å². The fourth-order valence-electron chi connectivity index (χ4n) is 5.53. The number of piperazine rings is 1. The third-order valence-electron chi connectivity index (χ3n) is 7.49. The fourth-order valence-corrected chi connectivity index (χ4v) is 5.82. The van der Waals surface area contributed by atoms with Crippen molar-refractivity contribution in [2.45, 2.75) is 30.8 Å². The number of morpholine rings is 1. The Morgan fingerprint density at radius 1 is 1.26 bits per heavy atom. The molecule has 1 spiro atoms. The van der Waals surface area contributed by atoms with E-state index in [1.165, 1.54) is 18.2 Å². The highest BCUT2D eigenvalue weighted by Gasteiger charge is 2.48. The number of hydrogen-bond acceptors (Lipinski definition) is 7. The molecule has 0 radical (unpaired) electrons. The number of nitrogens with zero attached hydrogens (tertiary/aromatic N) is 3. The lowest BCUT2D eigenvalue weighted by Crippen LogP contribution is -2.62. The van der Waals surface area contributed by atoms with Crippen LogP contribution in [0.1, 0.15) is 29.6 Å². The molecule has 2 N–H and O–H groups in total. The van der Waals surface area contributed by atoms with Gasteiger partial charge in [-0.15, -0.1) is 0 Å². The number of carbonyl (C=O) groups is 1. The minimum Gasteiger partial charge on any atom is -0.507 e. The highest BCUT2D eigenvalue weighted by molar-refractivity contribution is 6.35. The molecule has 6 rings (SSSR count). The first-order valence-electron chi connectivity index (χ1n) is 11.7. The number of anilines is 1. The maximum absolute atomic E-state index is 14.9. The number of phenols is 1. The van der Waals surface area contributed by atoms with Crippen molar-refractivity contribution >= 4 is 23.3 Å². The molecule has 4 heterocycles. The van der Waals surface area contributed by atoms with Gasteiger partial charge in [0.05, 0.1) is 30.4 Å². The predicted octanol–water partition coefficient (Wildman–Crippen LogP) is 2.81. The Morgan fingerprint density at radius 3 is 2.88 bits per heavy atom. The van der Waals surface area contributed by atoms with Gasteiger partial charge in [-0.3, -0.25) is 4.79 Å². The summed E-state index contributed by atoms with van der Waals surface area (Å²) in [5.41, 5.74) is 0.00342. The van der Waals surface area contributed by atoms with Gasteiger partial charge in [0.15, 0.2) is 5.75 Å². The Morgan fingerprint density at radius 2 is 2.12 bits per heavy atom. The zero-order chi connectivity index (χ0) is 23.4. The van der Waals surface area contributed by atoms with Crippen molar-refractivity contribution in [3.8, 4) is 22.8 Å². The Balaban J connectivity index is 1.60. The van der Waals surface area contributed by atoms with Crippen LogP contribution < -0.4 is 15.0 Å². The van der Waals surface area contributed by atoms with Crippen molar-refractivity contribution in [1.82, 2.24) is 15.2 Å². The molecule has 8 nitrogen and oxygen atoms in total. The maximum Gasteiger partial charge on any atom is 0.261 e. The lowest BCUT2D eigenvalue weighted by atomic mass is 9.75. The van der Waals surface area contributed by atoms with Gasteiger partial charge in [-0.05, 0) is 31.4 Å². The van der Waals surface area contributed by atoms with Crippen LogP contribution in [0.25, 0.3) is 11.3 Å². The van der Waals surface area contributed by atoms with E-state index in [-0.39, 0.29) is 51.9 Å². The number of phenolic OH excluding ortho intramolecular Hbond substituents is 1. The Kier molecular flexibility index (Phi) is 5.31. The first kappa shape index (κ1) is 21.9. The van der Waals surface area contributed by atoms with Crippen molar-refractivity contribution in [3.63, 3.8) is 0 Å². The molecular weight excluding hydrogens is 463 g/mol. The summed E-state index contributed by atoms with van der Waals surface area (Å²) in [6, 6.07) is 3.91. The van der Waals surface area contributed by atoms with Crippen LogP contribution in [0.3, 0.4) is 0 Å². The lowest BCUT2D eigenvalue weighted by molar-refractivity contribution is 0.0127. The summed E-state index contributed by atoms with van der Waals surface area (Å²) >= 11 is 6.78. The largest absolute Gasteiger partial charge is 0.507 e. The Labute approximate surface area is 201 Å². The molecule has 1 aliphatic carbocycles. The van der Waals surface area contributed by atoms with Gasteiger partial charge in [0.1, 0.15) is 40.3 Å². The van der Waals surface area contributed by atoms with Gasteiger partial charge in [0.2, 0.25) is 0 Å². The summed E-state index contributed by atoms with van der Waals surface area (Å²) in [7, 11) is 0. The van der Waals surface area contributed by atoms with E-state index < -0.39 is 5.82 Å². The molecule has 1 amide bonds. The molecule has 34 heavy (non-hydrogen) atoms. The molecular formula is C24H26ClFN4O4. The van der Waals surface area contributed by atoms with Crippen LogP contribution in [-0.2, 0) is 4.74 Å². The highest BCUT2D eigenvalue weighted by Crippen LogP contribution is 2.49. The third-order valence-corrected chi connectivity index (χ3v) is 7.84. The predicted molar refractivity (Wildman–Crippen MR) is 124 cm³/mol. The molecule has 0 unspecified atom stereocenters. The Bertz CT molecular complexity index is 1140. The quantitative estimate of drug-likeness (QED) is 0.672. The molecule has 0 bridgehead atoms. The Hall–Kier alpha value is -2.62. The average Bonchev–Trinajstić information content (AvgIpc) is 2.97. The number of halogens is 2. The fraction of sp³-hybridized carbons (Fsp3) is 0.500. The normalized spacial score (nSPS) is 23.6. The number of hydrogen-bond donors (Lipinski definition) is 2. The van der Waals surface area contributed by atoms with Crippen LogP contribution >= 0.6 is 11.6 Å². The smallest absolute Gasteiger partial charge is 0.261 e. The number of ether oxygens (including phenoxy) is 2. The van der Waals surface area contributed by atoms with Gasteiger partial charge < -0.3 is 29.7 Å². The molecule has 10 heteroatoms. The molecule has 3 fully saturated rings. The average molecular weight is 489 g/mol. The van der Waals surface area contributed by atoms with Crippen LogP contribution in [-0.4, -0.2) is 78.5 Å². The molecule has 4 aliphatic rings. The van der Waals surface area contributed by atoms with E-state index in [2.05, 4.69) is 10.2 Å². The van der Waals surface area contributed by atoms with Crippen LogP contribution in [0.4, 0.5) is 10.2 Å². The number of rotatable bonds is 2. The van der Waals surface area contributed by atoms with Crippen LogP contribution in [0.15, 0.2) is 18.2 Å². The lowest BCUT2D eigenvalue weighted by Gasteiger charge is -2.53. The number of pyridine rings is 1. The summed E-state index contributed by atoms with van der Waals surface area (Å²) in [4.78, 5) is 22.7. The summed E-state index contributed by atoms with van der Waals surface area (Å²) in [5, 5.41) is 13.8. The van der Waals surface area contributed by atoms with Gasteiger partial charge in [0.25, 0.3) is 5.91 Å². The van der Waals surface area contributed by atoms with Crippen molar-refractivity contribution < 1.29 is 23.8 Å². The zero-order valence-electron chi connectivity index (χ0n) is 18.6. The van der Waals surface area contributed by atoms with E-state index in [4.69, 9.17) is 26.1 Å². The minimum atomic E-state index is -0.651. The van der Waals surface area contributed by atoms with Gasteiger partial charge in [0, 0.05) is 26.2 Å². The maximum atomic E-state index is 14.9. The van der Waals surface area contributed by atoms with Gasteiger partial charge in [-0.1, -0.05) is 17.7 Å². The van der Waals surface area contributed by atoms with Crippen LogP contribution in [0.5, 0.6) is 11.5 Å². The van der Waals surface area contributed by atoms with Crippen LogP contribution in [0, 0.1) is 5.82 Å². The number of aromatic nitrogens is 1. The highest BCUT2D eigenvalue weighted by atomic mass is 35.5. The van der Waals surface area contributed by atoms with E-state index >= 15 is 0 Å². The standard InChI is InChI=1S/C24H26ClFN4O4/c25-19-20(17-15(26)3-1-4-16(17)31)28-22(30-9-10-33-13-24(30)5-2-6-24)18-21(19)34-12-14-11-27-7-8-29(14)23(18)32/h1,3-4,14,27,31H,2,5-13H2/t14-/m1/s1. The minimum absolute atomic E-state index is 0.0243. The van der Waals surface area contributed by atoms with Crippen molar-refractivity contribution in [3.05, 3.63) is 34.6 Å². The van der Waals surface area contributed by atoms with Gasteiger partial charge in [-0.25, -0.2) is 9.37 Å². The topological polar surface area (TPSA) is 87.2 Å². The van der Waals surface area contributed by atoms with Gasteiger partial charge in [-0.2, -0.15) is 0 Å². The second kappa shape index (κ2) is 8.25. The number of carbonyl (C=O) groups excluding carboxylic acids is 1. The van der Waals surface area contributed by atoms with Gasteiger partial charge >= 0.3 is 0 Å². The number of benzene rings is 1. The molecule has 3 aliphatic heterocycles. The molecule has 1 aromatic heterocycles. The van der Waals surface area contributed by atoms with E-state index in [0.717, 1.165) is 19.3 Å². The van der Waals surface area contributed by atoms with Crippen molar-refractivity contribution in [2.75, 3.05) is 50.9 Å². The summed E-state index contributed by atoms with van der Waals surface area (Å²) in [6.45, 7) is 3.69. The molecule has 2 saturated heterocycles. The number of amides is 1. The summed E-state index contributed by atoms with van der Waals surface area (Å²) < 4.78 is 26.9. The number of fused-ring (bicyclic) bond motifs is 2. The summed E-state index contributed by atoms with van der Waals surface area (Å²) in [5.74, 6) is -0.494. The molecule has 2 aromatic rings. The van der Waals surface area contributed by atoms with Crippen LogP contribution in [0.2, 0.25) is 5.02 Å². The second-order valence-electron chi connectivity index (χ2n) is 9.39. The SMILES string of the molecule is O=C1c2c(N3CCOCC34CCC4)nc(-c3c(O)cccc3F)c(Cl)c2OC[C@H]2CNCCN12. The molecule has 180 valence electrons. The van der Waals surface area contributed by atoms with Crippen molar-refractivity contribution in [1.29, 1.82) is 0 Å². The van der Waals surface area contributed by atoms with E-state index in [0.29, 0.717) is 50.8 Å². The van der Waals surface area contributed by atoms with E-state index in [1.807, 2.05) is 4.90 Å². The van der Waals surface area contributed by atoms with E-state index in [1.54, 1.807) is 0 Å². The second-order valence-corrected chi connectivity index (χ2v) is 9.76. The number of aromatic hydroxyl groups is 1. The first-order valence-corrected chi connectivity index (χ1v) is 12.1. The number of nitrogens with one attached hydrogen (secondary N) is 1. The monoisotopic (exact) mass is 488 g/mol. The zero-order valence-corrected chi connectivity index (χ0v) is 19.4. The third kappa shape index (κ3) is 3.25. The van der Waals surface area contributed by atoms with Crippen molar-refractivity contribution in [2.24, 2.45) is 0 Å². The molecule has 1 aromatic carbocycles. The summed E-state index contributed by atoms with van der Waals surface area (Å²) in [6.07, 6.45) is 2.89.